The zero-order valence-corrected chi connectivity index (χ0v) is 8.66. The normalized spacial score (nSPS) is 11.6. The Morgan fingerprint density at radius 2 is 1.71 bits per heavy atom. The van der Waals surface area contributed by atoms with Crippen LogP contribution in [0.4, 0.5) is 0 Å². The summed E-state index contributed by atoms with van der Waals surface area (Å²) in [6, 6.07) is 0. The zero-order chi connectivity index (χ0) is 5.91. The van der Waals surface area contributed by atoms with Crippen molar-refractivity contribution in [1.29, 1.82) is 0 Å². The van der Waals surface area contributed by atoms with Crippen LogP contribution in [-0.2, 0) is 58.5 Å². The number of hydrogen-bond acceptors (Lipinski definition) is 3. The second kappa shape index (κ2) is 3.84. The molecule has 0 rings (SSSR count). The summed E-state index contributed by atoms with van der Waals surface area (Å²) in [6.45, 7) is -2.81. The average Bonchev–Trinajstić information content (AvgIpc) is 1.68. The minimum absolute atomic E-state index is 1.25. The summed E-state index contributed by atoms with van der Waals surface area (Å²) in [6.07, 6.45) is 0. The van der Waals surface area contributed by atoms with Gasteiger partial charge in [-0.3, -0.25) is 0 Å². The monoisotopic (exact) mass is 308 g/mol. The van der Waals surface area contributed by atoms with Crippen LogP contribution in [0, 0.1) is 0 Å². The van der Waals surface area contributed by atoms with E-state index in [0.29, 0.717) is 0 Å². The zero-order valence-electron chi connectivity index (χ0n) is 2.94. The summed E-state index contributed by atoms with van der Waals surface area (Å²) in [7, 11) is 0. The van der Waals surface area contributed by atoms with E-state index in [1.807, 2.05) is 0 Å². The molecule has 0 aliphatic rings. The second-order valence-corrected chi connectivity index (χ2v) is 5.44. The van der Waals surface area contributed by atoms with Crippen LogP contribution in [0.15, 0.2) is 0 Å². The molecule has 7 heteroatoms. The van der Waals surface area contributed by atoms with Crippen molar-refractivity contribution in [2.75, 3.05) is 0 Å². The SMILES string of the molecule is OP(=S)([O][Mo])[O][Mo]. The molecule has 0 unspecified atom stereocenters. The maximum atomic E-state index is 8.62. The first-order valence-corrected chi connectivity index (χ1v) is 5.31. The second-order valence-electron chi connectivity index (χ2n) is 0.618. The molecular formula is HMo2O3PS. The van der Waals surface area contributed by atoms with E-state index >= 15 is 0 Å². The molecule has 0 aliphatic heterocycles. The predicted molar refractivity (Wildman–Crippen MR) is 18.7 cm³/mol. The van der Waals surface area contributed by atoms with Crippen molar-refractivity contribution in [3.05, 3.63) is 0 Å². The van der Waals surface area contributed by atoms with Crippen LogP contribution < -0.4 is 0 Å². The summed E-state index contributed by atoms with van der Waals surface area (Å²) < 4.78 is 8.72. The van der Waals surface area contributed by atoms with E-state index < -0.39 is 6.72 Å². The molecule has 0 saturated heterocycles. The van der Waals surface area contributed by atoms with Crippen molar-refractivity contribution < 1.29 is 51.6 Å². The molecular weight excluding hydrogens is 303 g/mol. The van der Waals surface area contributed by atoms with Crippen molar-refractivity contribution in [3.8, 4) is 0 Å². The fourth-order valence-corrected chi connectivity index (χ4v) is 1.30. The van der Waals surface area contributed by atoms with Gasteiger partial charge >= 0.3 is 70.2 Å². The number of hydrogen-bond donors (Lipinski definition) is 1. The Hall–Kier alpha value is 1.91. The van der Waals surface area contributed by atoms with Crippen LogP contribution in [0.5, 0.6) is 0 Å². The van der Waals surface area contributed by atoms with Gasteiger partial charge in [0.15, 0.2) is 0 Å². The van der Waals surface area contributed by atoms with E-state index in [0.717, 1.165) is 0 Å². The van der Waals surface area contributed by atoms with Gasteiger partial charge in [0.25, 0.3) is 0 Å². The Morgan fingerprint density at radius 1 is 1.43 bits per heavy atom. The summed E-state index contributed by atoms with van der Waals surface area (Å²) >= 11 is 6.87. The quantitative estimate of drug-likeness (QED) is 0.583. The molecule has 42 valence electrons. The van der Waals surface area contributed by atoms with Gasteiger partial charge in [0.2, 0.25) is 0 Å². The molecule has 0 aromatic rings. The Bertz CT molecular complexity index is 84.9. The molecule has 3 nitrogen and oxygen atoms in total. The standard InChI is InChI=1S/2Mo.H3O3PS/c;;1-4(2,3)5/h;;(H3,1,2,3,5)/q2*+1;/p-2. The Morgan fingerprint density at radius 3 is 1.71 bits per heavy atom. The third kappa shape index (κ3) is 4.41. The molecule has 0 aromatic carbocycles. The first-order chi connectivity index (χ1) is 3.12. The van der Waals surface area contributed by atoms with Gasteiger partial charge in [0.05, 0.1) is 0 Å². The van der Waals surface area contributed by atoms with Crippen molar-refractivity contribution in [3.63, 3.8) is 0 Å². The van der Waals surface area contributed by atoms with Gasteiger partial charge < -0.3 is 0 Å². The van der Waals surface area contributed by atoms with Gasteiger partial charge in [-0.25, -0.2) is 0 Å². The van der Waals surface area contributed by atoms with E-state index in [-0.39, 0.29) is 0 Å². The third-order valence-electron chi connectivity index (χ3n) is 0.188. The molecule has 0 fully saturated rings. The first-order valence-electron chi connectivity index (χ1n) is 1.08. The van der Waals surface area contributed by atoms with Crippen LogP contribution in [0.2, 0.25) is 0 Å². The van der Waals surface area contributed by atoms with E-state index in [2.05, 4.69) is 18.2 Å². The van der Waals surface area contributed by atoms with Crippen LogP contribution >= 0.6 is 6.72 Å². The third-order valence-corrected chi connectivity index (χ3v) is 5.50. The molecule has 0 atom stereocenters. The van der Waals surface area contributed by atoms with Gasteiger partial charge in [-0.05, 0) is 0 Å². The Balaban J connectivity index is 3.61. The molecule has 0 amide bonds. The van der Waals surface area contributed by atoms with E-state index in [1.54, 1.807) is 0 Å². The van der Waals surface area contributed by atoms with Gasteiger partial charge in [0, 0.05) is 0 Å². The fraction of sp³-hybridized carbons (Fsp3) is 0. The summed E-state index contributed by atoms with van der Waals surface area (Å²) in [4.78, 5) is 8.62. The summed E-state index contributed by atoms with van der Waals surface area (Å²) in [5.41, 5.74) is 0. The summed E-state index contributed by atoms with van der Waals surface area (Å²) in [5.74, 6) is 0. The van der Waals surface area contributed by atoms with Gasteiger partial charge in [-0.15, -0.1) is 0 Å². The maximum absolute atomic E-state index is 8.62. The Kier molecular flexibility index (Phi) is 4.89. The van der Waals surface area contributed by atoms with Gasteiger partial charge in [-0.1, -0.05) is 0 Å². The van der Waals surface area contributed by atoms with E-state index in [4.69, 9.17) is 4.89 Å². The van der Waals surface area contributed by atoms with Crippen LogP contribution in [0.25, 0.3) is 0 Å². The average molecular weight is 304 g/mol. The van der Waals surface area contributed by atoms with Crippen molar-refractivity contribution in [1.82, 2.24) is 0 Å². The molecule has 0 spiro atoms. The molecule has 0 bridgehead atoms. The van der Waals surface area contributed by atoms with Crippen LogP contribution in [-0.4, -0.2) is 4.89 Å². The summed E-state index contributed by atoms with van der Waals surface area (Å²) in [5, 5.41) is 0. The molecule has 1 N–H and O–H groups in total. The van der Waals surface area contributed by atoms with Crippen molar-refractivity contribution in [2.45, 2.75) is 0 Å². The van der Waals surface area contributed by atoms with Gasteiger partial charge in [-0.2, -0.15) is 0 Å². The molecule has 0 aliphatic carbocycles. The predicted octanol–water partition coefficient (Wildman–Crippen LogP) is 0.160. The van der Waals surface area contributed by atoms with Crippen molar-refractivity contribution >= 4 is 18.5 Å². The fourth-order valence-electron chi connectivity index (χ4n) is 0.0124. The molecule has 0 heterocycles. The van der Waals surface area contributed by atoms with Crippen LogP contribution in [0.3, 0.4) is 0 Å². The van der Waals surface area contributed by atoms with E-state index in [9.17, 15) is 0 Å². The Labute approximate surface area is 69.7 Å². The van der Waals surface area contributed by atoms with E-state index in [1.165, 1.54) is 40.4 Å². The van der Waals surface area contributed by atoms with Crippen LogP contribution in [0.1, 0.15) is 0 Å². The molecule has 0 radical (unpaired) electrons. The molecule has 0 saturated carbocycles. The minimum atomic E-state index is -2.81. The van der Waals surface area contributed by atoms with Gasteiger partial charge in [0.1, 0.15) is 0 Å². The first kappa shape index (κ1) is 8.91. The van der Waals surface area contributed by atoms with Crippen molar-refractivity contribution in [2.24, 2.45) is 0 Å². The molecule has 7 heavy (non-hydrogen) atoms. The topological polar surface area (TPSA) is 38.7 Å². The molecule has 0 aromatic heterocycles. The number of rotatable bonds is 2.